The summed E-state index contributed by atoms with van der Waals surface area (Å²) in [6, 6.07) is 6.31. The fraction of sp³-hybridized carbons (Fsp3) is 0.500. The zero-order valence-electron chi connectivity index (χ0n) is 19.4. The summed E-state index contributed by atoms with van der Waals surface area (Å²) in [5.74, 6) is 0.867. The molecule has 0 amide bonds. The Hall–Kier alpha value is -2.42. The first-order valence-electron chi connectivity index (χ1n) is 11.1. The van der Waals surface area contributed by atoms with Crippen LogP contribution in [0.3, 0.4) is 0 Å². The van der Waals surface area contributed by atoms with Gasteiger partial charge in [-0.2, -0.15) is 5.10 Å². The highest BCUT2D eigenvalue weighted by atomic mass is 32.1. The summed E-state index contributed by atoms with van der Waals surface area (Å²) in [6.45, 7) is 11.2. The fourth-order valence-corrected chi connectivity index (χ4v) is 5.86. The summed E-state index contributed by atoms with van der Waals surface area (Å²) < 4.78 is 7.92. The number of rotatable bonds is 4. The average Bonchev–Trinajstić information content (AvgIpc) is 3.35. The fourth-order valence-electron chi connectivity index (χ4n) is 4.65. The molecule has 5 rings (SSSR count). The smallest absolute Gasteiger partial charge is 0.187 e. The third kappa shape index (κ3) is 4.02. The number of aliphatic hydroxyl groups is 1. The summed E-state index contributed by atoms with van der Waals surface area (Å²) in [4.78, 5) is 11.1. The lowest BCUT2D eigenvalue weighted by Crippen LogP contribution is -2.40. The van der Waals surface area contributed by atoms with Crippen molar-refractivity contribution in [1.82, 2.24) is 19.7 Å². The highest BCUT2D eigenvalue weighted by Gasteiger charge is 2.38. The number of aromatic nitrogens is 3. The Morgan fingerprint density at radius 2 is 2.06 bits per heavy atom. The van der Waals surface area contributed by atoms with Crippen molar-refractivity contribution in [3.8, 4) is 28.1 Å². The lowest BCUT2D eigenvalue weighted by molar-refractivity contribution is 0.0577. The van der Waals surface area contributed by atoms with Crippen LogP contribution in [0.25, 0.3) is 22.4 Å². The molecule has 170 valence electrons. The Bertz CT molecular complexity index is 1140. The molecule has 0 radical (unpaired) electrons. The van der Waals surface area contributed by atoms with Crippen molar-refractivity contribution in [2.24, 2.45) is 0 Å². The molecule has 32 heavy (non-hydrogen) atoms. The van der Waals surface area contributed by atoms with Crippen molar-refractivity contribution in [2.75, 3.05) is 31.8 Å². The van der Waals surface area contributed by atoms with Crippen LogP contribution in [-0.4, -0.2) is 62.8 Å². The normalized spacial score (nSPS) is 18.2. The number of hydrogen-bond acceptors (Lipinski definition) is 7. The number of ether oxygens (including phenoxy) is 1. The first kappa shape index (κ1) is 21.4. The molecule has 1 N–H and O–H groups in total. The zero-order chi connectivity index (χ0) is 22.7. The molecule has 7 nitrogen and oxygen atoms in total. The van der Waals surface area contributed by atoms with Crippen molar-refractivity contribution in [1.29, 1.82) is 0 Å². The second-order valence-electron chi connectivity index (χ2n) is 10.2. The maximum absolute atomic E-state index is 10.1. The molecule has 0 unspecified atom stereocenters. The van der Waals surface area contributed by atoms with E-state index < -0.39 is 5.60 Å². The van der Waals surface area contributed by atoms with Gasteiger partial charge in [0.05, 0.1) is 42.9 Å². The summed E-state index contributed by atoms with van der Waals surface area (Å²) in [5.41, 5.74) is 3.41. The van der Waals surface area contributed by atoms with Crippen molar-refractivity contribution in [3.05, 3.63) is 35.5 Å². The van der Waals surface area contributed by atoms with Crippen LogP contribution in [0, 0.1) is 0 Å². The van der Waals surface area contributed by atoms with E-state index in [4.69, 9.17) is 9.72 Å². The van der Waals surface area contributed by atoms with Crippen LogP contribution >= 0.6 is 11.3 Å². The molecular formula is C24H31N5O2S. The molecule has 1 saturated heterocycles. The van der Waals surface area contributed by atoms with Gasteiger partial charge in [0.15, 0.2) is 5.13 Å². The highest BCUT2D eigenvalue weighted by Crippen LogP contribution is 2.43. The quantitative estimate of drug-likeness (QED) is 0.647. The van der Waals surface area contributed by atoms with Gasteiger partial charge < -0.3 is 14.7 Å². The Morgan fingerprint density at radius 1 is 1.25 bits per heavy atom. The largest absolute Gasteiger partial charge is 0.492 e. The number of fused-ring (bicyclic) bond motifs is 3. The van der Waals surface area contributed by atoms with Crippen molar-refractivity contribution in [2.45, 2.75) is 51.8 Å². The minimum atomic E-state index is -0.808. The Labute approximate surface area is 193 Å². The predicted octanol–water partition coefficient (Wildman–Crippen LogP) is 3.87. The van der Waals surface area contributed by atoms with E-state index in [1.165, 1.54) is 4.88 Å². The van der Waals surface area contributed by atoms with E-state index in [-0.39, 0.29) is 5.54 Å². The molecule has 2 aliphatic heterocycles. The molecule has 0 spiro atoms. The monoisotopic (exact) mass is 453 g/mol. The van der Waals surface area contributed by atoms with Gasteiger partial charge in [0.25, 0.3) is 0 Å². The van der Waals surface area contributed by atoms with Crippen LogP contribution in [0.2, 0.25) is 0 Å². The number of anilines is 1. The molecular weight excluding hydrogens is 422 g/mol. The molecule has 4 heterocycles. The molecule has 2 aliphatic rings. The number of thiazole rings is 1. The van der Waals surface area contributed by atoms with Gasteiger partial charge in [-0.15, -0.1) is 11.3 Å². The number of likely N-dealkylation sites (N-methyl/N-ethyl adjacent to an activating group) is 1. The van der Waals surface area contributed by atoms with Gasteiger partial charge in [0, 0.05) is 35.2 Å². The molecule has 8 heteroatoms. The summed E-state index contributed by atoms with van der Waals surface area (Å²) >= 11 is 1.79. The van der Waals surface area contributed by atoms with E-state index >= 15 is 0 Å². The van der Waals surface area contributed by atoms with E-state index in [2.05, 4.69) is 54.0 Å². The van der Waals surface area contributed by atoms with E-state index in [1.54, 1.807) is 29.9 Å². The third-order valence-corrected chi connectivity index (χ3v) is 7.16. The summed E-state index contributed by atoms with van der Waals surface area (Å²) in [5, 5.41) is 15.6. The summed E-state index contributed by atoms with van der Waals surface area (Å²) in [6.07, 6.45) is 4.67. The number of nitrogens with zero attached hydrogens (tertiary/aromatic N) is 5. The molecule has 0 atom stereocenters. The molecule has 0 aliphatic carbocycles. The molecule has 0 saturated carbocycles. The summed E-state index contributed by atoms with van der Waals surface area (Å²) in [7, 11) is 2.16. The topological polar surface area (TPSA) is 66.7 Å². The first-order chi connectivity index (χ1) is 15.1. The van der Waals surface area contributed by atoms with Crippen LogP contribution < -0.4 is 9.64 Å². The SMILES string of the molecule is CN1CN(c2nc3c(s2)CCOc2cc(-c4cnn(CC(C)(C)O)c4)ccc2-3)C(C)(C)C1. The molecule has 0 bridgehead atoms. The lowest BCUT2D eigenvalue weighted by Gasteiger charge is -2.29. The Kier molecular flexibility index (Phi) is 5.07. The highest BCUT2D eigenvalue weighted by molar-refractivity contribution is 7.16. The van der Waals surface area contributed by atoms with Gasteiger partial charge in [-0.25, -0.2) is 4.98 Å². The maximum Gasteiger partial charge on any atom is 0.187 e. The Balaban J connectivity index is 1.47. The van der Waals surface area contributed by atoms with Crippen molar-refractivity contribution >= 4 is 16.5 Å². The van der Waals surface area contributed by atoms with Gasteiger partial charge in [-0.1, -0.05) is 6.07 Å². The second-order valence-corrected chi connectivity index (χ2v) is 11.3. The molecule has 1 fully saturated rings. The van der Waals surface area contributed by atoms with Crippen LogP contribution in [-0.2, 0) is 13.0 Å². The first-order valence-corrected chi connectivity index (χ1v) is 11.9. The van der Waals surface area contributed by atoms with E-state index in [0.29, 0.717) is 13.2 Å². The predicted molar refractivity (Wildman–Crippen MR) is 128 cm³/mol. The standard InChI is InChI=1S/C24H31N5O2S/c1-23(2)13-27(5)15-29(23)22-26-21-18-7-6-16(10-19(18)31-9-8-20(21)32-22)17-11-25-28(12-17)14-24(3,4)30/h6-7,10-12,30H,8-9,13-15H2,1-5H3. The van der Waals surface area contributed by atoms with Crippen LogP contribution in [0.4, 0.5) is 5.13 Å². The minimum Gasteiger partial charge on any atom is -0.492 e. The van der Waals surface area contributed by atoms with Crippen LogP contribution in [0.5, 0.6) is 5.75 Å². The van der Waals surface area contributed by atoms with Gasteiger partial charge in [0.1, 0.15) is 5.75 Å². The average molecular weight is 454 g/mol. The molecule has 1 aromatic carbocycles. The van der Waals surface area contributed by atoms with Crippen LogP contribution in [0.15, 0.2) is 30.6 Å². The van der Waals surface area contributed by atoms with Crippen molar-refractivity contribution in [3.63, 3.8) is 0 Å². The van der Waals surface area contributed by atoms with Gasteiger partial charge in [0.2, 0.25) is 0 Å². The lowest BCUT2D eigenvalue weighted by atomic mass is 10.0. The minimum absolute atomic E-state index is 0.0672. The van der Waals surface area contributed by atoms with Crippen molar-refractivity contribution < 1.29 is 9.84 Å². The second kappa shape index (κ2) is 7.57. The van der Waals surface area contributed by atoms with Gasteiger partial charge >= 0.3 is 0 Å². The third-order valence-electron chi connectivity index (χ3n) is 6.03. The zero-order valence-corrected chi connectivity index (χ0v) is 20.2. The van der Waals surface area contributed by atoms with Gasteiger partial charge in [-0.05, 0) is 52.4 Å². The molecule has 2 aromatic heterocycles. The number of hydrogen-bond donors (Lipinski definition) is 1. The van der Waals surface area contributed by atoms with E-state index in [1.807, 2.05) is 12.4 Å². The molecule has 3 aromatic rings. The van der Waals surface area contributed by atoms with E-state index in [9.17, 15) is 5.11 Å². The van der Waals surface area contributed by atoms with Gasteiger partial charge in [-0.3, -0.25) is 9.58 Å². The van der Waals surface area contributed by atoms with E-state index in [0.717, 1.165) is 52.9 Å². The Morgan fingerprint density at radius 3 is 2.78 bits per heavy atom. The number of benzene rings is 1. The van der Waals surface area contributed by atoms with Crippen LogP contribution in [0.1, 0.15) is 32.6 Å². The maximum atomic E-state index is 10.1.